The first kappa shape index (κ1) is 12.8. The monoisotopic (exact) mass is 250 g/mol. The van der Waals surface area contributed by atoms with E-state index in [0.717, 1.165) is 19.4 Å². The van der Waals surface area contributed by atoms with Crippen molar-refractivity contribution in [3.8, 4) is 0 Å². The molecule has 6 heteroatoms. The van der Waals surface area contributed by atoms with Crippen LogP contribution in [0.4, 0.5) is 11.5 Å². The zero-order chi connectivity index (χ0) is 13.1. The van der Waals surface area contributed by atoms with Crippen molar-refractivity contribution in [2.24, 2.45) is 11.7 Å². The number of aromatic nitrogens is 1. The second kappa shape index (κ2) is 5.30. The molecule has 6 nitrogen and oxygen atoms in total. The van der Waals surface area contributed by atoms with Gasteiger partial charge < -0.3 is 10.6 Å². The number of pyridine rings is 1. The van der Waals surface area contributed by atoms with Crippen LogP contribution in [0.1, 0.15) is 19.8 Å². The van der Waals surface area contributed by atoms with Crippen LogP contribution >= 0.6 is 0 Å². The number of hydrogen-bond donors (Lipinski definition) is 1. The summed E-state index contributed by atoms with van der Waals surface area (Å²) in [6, 6.07) is 3.22. The van der Waals surface area contributed by atoms with Crippen LogP contribution in [-0.4, -0.2) is 29.0 Å². The van der Waals surface area contributed by atoms with E-state index >= 15 is 0 Å². The van der Waals surface area contributed by atoms with Crippen molar-refractivity contribution in [2.45, 2.75) is 25.8 Å². The van der Waals surface area contributed by atoms with Crippen LogP contribution in [0, 0.1) is 16.0 Å². The summed E-state index contributed by atoms with van der Waals surface area (Å²) in [5.74, 6) is 0.884. The molecule has 1 aromatic heterocycles. The molecule has 2 rings (SSSR count). The molecule has 0 radical (unpaired) electrons. The minimum atomic E-state index is -0.380. The Morgan fingerprint density at radius 3 is 3.11 bits per heavy atom. The number of nitro groups is 1. The molecule has 18 heavy (non-hydrogen) atoms. The molecule has 0 amide bonds. The molecule has 0 spiro atoms. The molecular formula is C12H18N4O2. The highest BCUT2D eigenvalue weighted by Crippen LogP contribution is 2.32. The predicted molar refractivity (Wildman–Crippen MR) is 69.5 cm³/mol. The fourth-order valence-electron chi connectivity index (χ4n) is 2.62. The van der Waals surface area contributed by atoms with E-state index in [1.807, 2.05) is 4.90 Å². The van der Waals surface area contributed by atoms with Gasteiger partial charge in [-0.3, -0.25) is 10.1 Å². The number of nitrogens with two attached hydrogens (primary N) is 1. The number of rotatable bonds is 3. The van der Waals surface area contributed by atoms with Crippen LogP contribution < -0.4 is 10.6 Å². The summed E-state index contributed by atoms with van der Waals surface area (Å²) in [5, 5.41) is 11.0. The minimum Gasteiger partial charge on any atom is -0.346 e. The van der Waals surface area contributed by atoms with Crippen molar-refractivity contribution in [1.29, 1.82) is 0 Å². The maximum Gasteiger partial charge on any atom is 0.311 e. The first-order chi connectivity index (χ1) is 8.65. The Morgan fingerprint density at radius 2 is 2.44 bits per heavy atom. The van der Waals surface area contributed by atoms with Crippen molar-refractivity contribution in [3.63, 3.8) is 0 Å². The Hall–Kier alpha value is -1.69. The van der Waals surface area contributed by atoms with E-state index in [9.17, 15) is 10.1 Å². The molecular weight excluding hydrogens is 232 g/mol. The molecule has 2 atom stereocenters. The molecule has 1 fully saturated rings. The standard InChI is InChI=1S/C12H18N4O2/c1-9-4-3-7-15(11(9)8-13)12-10(16(17)18)5-2-6-14-12/h2,5-6,9,11H,3-4,7-8,13H2,1H3. The van der Waals surface area contributed by atoms with Crippen molar-refractivity contribution >= 4 is 11.5 Å². The Bertz CT molecular complexity index is 438. The zero-order valence-electron chi connectivity index (χ0n) is 10.5. The average Bonchev–Trinajstić information content (AvgIpc) is 2.38. The van der Waals surface area contributed by atoms with E-state index in [2.05, 4.69) is 11.9 Å². The molecule has 1 aliphatic rings. The van der Waals surface area contributed by atoms with E-state index in [1.165, 1.54) is 6.07 Å². The van der Waals surface area contributed by atoms with Crippen LogP contribution in [0.5, 0.6) is 0 Å². The van der Waals surface area contributed by atoms with Crippen molar-refractivity contribution < 1.29 is 4.92 Å². The lowest BCUT2D eigenvalue weighted by atomic mass is 9.90. The van der Waals surface area contributed by atoms with Gasteiger partial charge in [-0.15, -0.1) is 0 Å². The Balaban J connectivity index is 2.37. The highest BCUT2D eigenvalue weighted by Gasteiger charge is 2.32. The van der Waals surface area contributed by atoms with Crippen molar-refractivity contribution in [1.82, 2.24) is 4.98 Å². The Kier molecular flexibility index (Phi) is 3.76. The third kappa shape index (κ3) is 2.28. The molecule has 2 heterocycles. The average molecular weight is 250 g/mol. The van der Waals surface area contributed by atoms with Gasteiger partial charge in [-0.05, 0) is 24.8 Å². The van der Waals surface area contributed by atoms with E-state index in [0.29, 0.717) is 18.3 Å². The summed E-state index contributed by atoms with van der Waals surface area (Å²) in [6.45, 7) is 3.41. The topological polar surface area (TPSA) is 85.3 Å². The molecule has 2 N–H and O–H groups in total. The van der Waals surface area contributed by atoms with E-state index < -0.39 is 0 Å². The van der Waals surface area contributed by atoms with Crippen LogP contribution in [0.25, 0.3) is 0 Å². The highest BCUT2D eigenvalue weighted by molar-refractivity contribution is 5.58. The van der Waals surface area contributed by atoms with E-state index in [1.54, 1.807) is 12.3 Å². The fraction of sp³-hybridized carbons (Fsp3) is 0.583. The fourth-order valence-corrected chi connectivity index (χ4v) is 2.62. The van der Waals surface area contributed by atoms with Crippen molar-refractivity contribution in [2.75, 3.05) is 18.0 Å². The van der Waals surface area contributed by atoms with Crippen LogP contribution in [0.3, 0.4) is 0 Å². The van der Waals surface area contributed by atoms with Gasteiger partial charge in [0.15, 0.2) is 0 Å². The zero-order valence-corrected chi connectivity index (χ0v) is 10.5. The smallest absolute Gasteiger partial charge is 0.311 e. The van der Waals surface area contributed by atoms with Gasteiger partial charge in [0.1, 0.15) is 0 Å². The minimum absolute atomic E-state index is 0.0602. The maximum absolute atomic E-state index is 11.0. The van der Waals surface area contributed by atoms with Gasteiger partial charge in [0.2, 0.25) is 5.82 Å². The molecule has 1 aromatic rings. The summed E-state index contributed by atoms with van der Waals surface area (Å²) in [6.07, 6.45) is 3.72. The molecule has 1 aliphatic heterocycles. The third-order valence-electron chi connectivity index (χ3n) is 3.59. The Morgan fingerprint density at radius 1 is 1.67 bits per heavy atom. The summed E-state index contributed by atoms with van der Waals surface area (Å²) in [7, 11) is 0. The lowest BCUT2D eigenvalue weighted by Crippen LogP contribution is -2.49. The SMILES string of the molecule is CC1CCCN(c2ncccc2[N+](=O)[O-])C1CN. The lowest BCUT2D eigenvalue weighted by Gasteiger charge is -2.39. The van der Waals surface area contributed by atoms with Gasteiger partial charge in [-0.2, -0.15) is 0 Å². The summed E-state index contributed by atoms with van der Waals surface area (Å²) < 4.78 is 0. The largest absolute Gasteiger partial charge is 0.346 e. The van der Waals surface area contributed by atoms with Crippen LogP contribution in [0.2, 0.25) is 0 Å². The van der Waals surface area contributed by atoms with Crippen LogP contribution in [-0.2, 0) is 0 Å². The van der Waals surface area contributed by atoms with Gasteiger partial charge in [0.05, 0.1) is 4.92 Å². The lowest BCUT2D eigenvalue weighted by molar-refractivity contribution is -0.384. The summed E-state index contributed by atoms with van der Waals surface area (Å²) >= 11 is 0. The normalized spacial score (nSPS) is 24.0. The maximum atomic E-state index is 11.0. The number of hydrogen-bond acceptors (Lipinski definition) is 5. The summed E-state index contributed by atoms with van der Waals surface area (Å²) in [4.78, 5) is 16.8. The van der Waals surface area contributed by atoms with Gasteiger partial charge in [-0.1, -0.05) is 6.92 Å². The number of nitrogens with zero attached hydrogens (tertiary/aromatic N) is 3. The summed E-state index contributed by atoms with van der Waals surface area (Å²) in [5.41, 5.74) is 5.87. The van der Waals surface area contributed by atoms with Gasteiger partial charge in [0, 0.05) is 31.4 Å². The van der Waals surface area contributed by atoms with E-state index in [-0.39, 0.29) is 16.7 Å². The van der Waals surface area contributed by atoms with Gasteiger partial charge in [0.25, 0.3) is 0 Å². The highest BCUT2D eigenvalue weighted by atomic mass is 16.6. The predicted octanol–water partition coefficient (Wildman–Crippen LogP) is 1.55. The van der Waals surface area contributed by atoms with Gasteiger partial charge in [-0.25, -0.2) is 4.98 Å². The first-order valence-corrected chi connectivity index (χ1v) is 6.21. The quantitative estimate of drug-likeness (QED) is 0.650. The molecule has 1 saturated heterocycles. The van der Waals surface area contributed by atoms with E-state index in [4.69, 9.17) is 5.73 Å². The second-order valence-corrected chi connectivity index (χ2v) is 4.72. The second-order valence-electron chi connectivity index (χ2n) is 4.72. The molecule has 0 saturated carbocycles. The Labute approximate surface area is 106 Å². The number of piperidine rings is 1. The molecule has 2 unspecified atom stereocenters. The molecule has 98 valence electrons. The van der Waals surface area contributed by atoms with Gasteiger partial charge >= 0.3 is 5.69 Å². The van der Waals surface area contributed by atoms with Crippen LogP contribution in [0.15, 0.2) is 18.3 Å². The molecule has 0 bridgehead atoms. The molecule has 0 aliphatic carbocycles. The third-order valence-corrected chi connectivity index (χ3v) is 3.59. The van der Waals surface area contributed by atoms with Crippen molar-refractivity contribution in [3.05, 3.63) is 28.4 Å². The molecule has 0 aromatic carbocycles. The number of anilines is 1. The first-order valence-electron chi connectivity index (χ1n) is 6.21.